The number of aliphatic carboxylic acids is 1. The SMILES string of the molecule is COc1cccc2c1C(=O)c1c(O)c3c(c(O)c1C2=O)C[C@@](O)(C(=O)CO)C[C@@H]3O[C@H]1C[C@H](NC(=O)OCc2cc(Cl)ccc2[C@@H]2O[C@H](C(=O)O)[C@@H](O)[C@H](O)[C@H]2O)[C@H](O)[C@H](C)O1. The number of Topliss-reactive ketones (excluding diaryl/α,β-unsaturated/α-hetero) is 1. The number of aliphatic hydroxyl groups excluding tert-OH is 5. The Bertz CT molecular complexity index is 2340. The van der Waals surface area contributed by atoms with Gasteiger partial charge in [-0.3, -0.25) is 14.4 Å². The van der Waals surface area contributed by atoms with Gasteiger partial charge in [0, 0.05) is 41.0 Å². The molecule has 1 amide bonds. The molecule has 62 heavy (non-hydrogen) atoms. The Balaban J connectivity index is 1.14. The summed E-state index contributed by atoms with van der Waals surface area (Å²) in [6.45, 7) is -0.281. The highest BCUT2D eigenvalue weighted by Crippen LogP contribution is 2.52. The number of ketones is 3. The van der Waals surface area contributed by atoms with Gasteiger partial charge in [-0.25, -0.2) is 9.59 Å². The number of phenolic OH excluding ortho intramolecular Hbond substituents is 2. The van der Waals surface area contributed by atoms with E-state index in [4.69, 9.17) is 35.3 Å². The zero-order chi connectivity index (χ0) is 45.1. The number of hydrogen-bond donors (Lipinski definition) is 10. The fraction of sp³-hybridized carbons (Fsp3) is 0.439. The summed E-state index contributed by atoms with van der Waals surface area (Å²) < 4.78 is 28.2. The van der Waals surface area contributed by atoms with E-state index in [0.717, 1.165) is 0 Å². The molecule has 2 saturated heterocycles. The van der Waals surface area contributed by atoms with Gasteiger partial charge in [-0.15, -0.1) is 0 Å². The number of ether oxygens (including phenoxy) is 5. The van der Waals surface area contributed by atoms with Gasteiger partial charge < -0.3 is 75.0 Å². The topological polar surface area (TPSA) is 326 Å². The number of aromatic hydroxyl groups is 2. The summed E-state index contributed by atoms with van der Waals surface area (Å²) in [6, 6.07) is 7.06. The molecule has 3 aromatic rings. The van der Waals surface area contributed by atoms with Gasteiger partial charge >= 0.3 is 12.1 Å². The number of benzene rings is 3. The molecule has 21 heteroatoms. The molecular weight excluding hydrogens is 846 g/mol. The van der Waals surface area contributed by atoms with E-state index in [0.29, 0.717) is 0 Å². The second kappa shape index (κ2) is 17.1. The maximum atomic E-state index is 14.0. The van der Waals surface area contributed by atoms with Crippen molar-refractivity contribution in [2.24, 2.45) is 0 Å². The Morgan fingerprint density at radius 1 is 0.935 bits per heavy atom. The molecule has 2 fully saturated rings. The van der Waals surface area contributed by atoms with Crippen LogP contribution in [0.1, 0.15) is 86.1 Å². The predicted octanol–water partition coefficient (Wildman–Crippen LogP) is 0.230. The molecule has 4 aliphatic rings. The van der Waals surface area contributed by atoms with E-state index in [2.05, 4.69) is 5.32 Å². The van der Waals surface area contributed by atoms with Gasteiger partial charge in [0.2, 0.25) is 5.78 Å². The largest absolute Gasteiger partial charge is 0.507 e. The summed E-state index contributed by atoms with van der Waals surface area (Å²) in [4.78, 5) is 65.7. The number of carbonyl (C=O) groups excluding carboxylic acids is 4. The Hall–Kier alpha value is -5.26. The van der Waals surface area contributed by atoms with Crippen molar-refractivity contribution in [2.45, 2.75) is 99.6 Å². The Morgan fingerprint density at radius 3 is 2.32 bits per heavy atom. The number of rotatable bonds is 10. The first-order chi connectivity index (χ1) is 29.3. The highest BCUT2D eigenvalue weighted by Gasteiger charge is 2.51. The number of phenols is 2. The number of carboxylic acids is 1. The number of alkyl carbamates (subject to hydrolysis) is 1. The summed E-state index contributed by atoms with van der Waals surface area (Å²) in [5.41, 5.74) is -4.35. The minimum atomic E-state index is -2.43. The lowest BCUT2D eigenvalue weighted by molar-refractivity contribution is -0.249. The molecule has 0 aromatic heterocycles. The second-order valence-electron chi connectivity index (χ2n) is 15.5. The molecule has 332 valence electrons. The molecule has 10 N–H and O–H groups in total. The van der Waals surface area contributed by atoms with E-state index in [1.165, 1.54) is 50.4 Å². The number of carbonyl (C=O) groups is 5. The number of aliphatic hydroxyl groups is 6. The maximum Gasteiger partial charge on any atom is 0.407 e. The normalized spacial score (nSPS) is 30.4. The van der Waals surface area contributed by atoms with Crippen LogP contribution in [0, 0.1) is 0 Å². The summed E-state index contributed by atoms with van der Waals surface area (Å²) >= 11 is 6.18. The van der Waals surface area contributed by atoms with Crippen LogP contribution in [0.5, 0.6) is 17.2 Å². The smallest absolute Gasteiger partial charge is 0.407 e. The lowest BCUT2D eigenvalue weighted by atomic mass is 9.72. The minimum absolute atomic E-state index is 0.0125. The second-order valence-corrected chi connectivity index (χ2v) is 15.9. The quantitative estimate of drug-likeness (QED) is 0.0953. The van der Waals surface area contributed by atoms with E-state index in [1.54, 1.807) is 0 Å². The lowest BCUT2D eigenvalue weighted by Crippen LogP contribution is -2.56. The van der Waals surface area contributed by atoms with Gasteiger partial charge in [0.1, 0.15) is 66.6 Å². The van der Waals surface area contributed by atoms with Crippen LogP contribution in [0.4, 0.5) is 4.79 Å². The highest BCUT2D eigenvalue weighted by atomic mass is 35.5. The molecule has 0 unspecified atom stereocenters. The number of methoxy groups -OCH3 is 1. The molecule has 2 aliphatic carbocycles. The van der Waals surface area contributed by atoms with Gasteiger partial charge in [0.15, 0.2) is 24.0 Å². The van der Waals surface area contributed by atoms with E-state index < -0.39 is 145 Å². The van der Waals surface area contributed by atoms with Gasteiger partial charge in [-0.2, -0.15) is 0 Å². The third-order valence-electron chi connectivity index (χ3n) is 11.7. The molecular formula is C41H42ClNO19. The van der Waals surface area contributed by atoms with Crippen LogP contribution in [0.2, 0.25) is 5.02 Å². The molecule has 0 radical (unpaired) electrons. The van der Waals surface area contributed by atoms with Gasteiger partial charge in [0.25, 0.3) is 0 Å². The number of hydrogen-bond acceptors (Lipinski definition) is 18. The molecule has 0 spiro atoms. The molecule has 3 aromatic carbocycles. The van der Waals surface area contributed by atoms with E-state index in [-0.39, 0.29) is 50.6 Å². The van der Waals surface area contributed by atoms with Gasteiger partial charge in [-0.1, -0.05) is 29.8 Å². The molecule has 2 aliphatic heterocycles. The summed E-state index contributed by atoms with van der Waals surface area (Å²) in [7, 11) is 1.27. The van der Waals surface area contributed by atoms with Crippen LogP contribution in [-0.2, 0) is 41.6 Å². The Kier molecular flexibility index (Phi) is 12.4. The van der Waals surface area contributed by atoms with Gasteiger partial charge in [0.05, 0.1) is 42.0 Å². The van der Waals surface area contributed by atoms with E-state index >= 15 is 0 Å². The summed E-state index contributed by atoms with van der Waals surface area (Å²) in [6.07, 6.45) is -17.4. The fourth-order valence-electron chi connectivity index (χ4n) is 8.51. The highest BCUT2D eigenvalue weighted by molar-refractivity contribution is 6.31. The first-order valence-electron chi connectivity index (χ1n) is 19.2. The summed E-state index contributed by atoms with van der Waals surface area (Å²) in [5.74, 6) is -6.06. The van der Waals surface area contributed by atoms with Crippen LogP contribution in [0.15, 0.2) is 36.4 Å². The van der Waals surface area contributed by atoms with Crippen LogP contribution in [-0.4, -0.2) is 144 Å². The van der Waals surface area contributed by atoms with Crippen molar-refractivity contribution in [1.82, 2.24) is 5.32 Å². The van der Waals surface area contributed by atoms with Crippen molar-refractivity contribution < 1.29 is 93.6 Å². The standard InChI is InChI=1S/C41H42ClNO19/c1-14-29(46)20(43-40(56)59-13-15-8-16(42)6-7-17(15)37-35(52)34(51)36(53)38(62-37)39(54)55)9-24(60-14)61-22-11-41(57,23(45)12-44)10-19-26(22)33(50)28-27(31(19)48)30(47)18-4-3-5-21(58-2)25(18)32(28)49/h3-8,14,20,22,24,29,34-38,44,46,48,50-53,57H,9-13H2,1-2H3,(H,43,56)(H,54,55)/t14-,20-,22-,24-,29+,34+,35+,36-,37-,38-,41-/m0/s1. The molecule has 20 nitrogen and oxygen atoms in total. The summed E-state index contributed by atoms with van der Waals surface area (Å²) in [5, 5.41) is 99.2. The number of carboxylic acid groups (broad SMARTS) is 1. The Labute approximate surface area is 355 Å². The molecule has 11 atom stereocenters. The average molecular weight is 888 g/mol. The third-order valence-corrected chi connectivity index (χ3v) is 11.9. The number of fused-ring (bicyclic) bond motifs is 3. The molecule has 7 rings (SSSR count). The third kappa shape index (κ3) is 7.76. The van der Waals surface area contributed by atoms with Crippen LogP contribution >= 0.6 is 11.6 Å². The van der Waals surface area contributed by atoms with Crippen molar-refractivity contribution in [3.63, 3.8) is 0 Å². The number of amides is 1. The lowest BCUT2D eigenvalue weighted by Gasteiger charge is -2.42. The number of halogens is 1. The minimum Gasteiger partial charge on any atom is -0.507 e. The van der Waals surface area contributed by atoms with Crippen molar-refractivity contribution in [2.75, 3.05) is 13.7 Å². The molecule has 0 bridgehead atoms. The van der Waals surface area contributed by atoms with Crippen LogP contribution < -0.4 is 10.1 Å². The van der Waals surface area contributed by atoms with Crippen LogP contribution in [0.25, 0.3) is 0 Å². The average Bonchev–Trinajstić information content (AvgIpc) is 3.23. The monoisotopic (exact) mass is 887 g/mol. The molecule has 2 heterocycles. The van der Waals surface area contributed by atoms with Crippen molar-refractivity contribution in [3.8, 4) is 17.2 Å². The van der Waals surface area contributed by atoms with Gasteiger partial charge in [-0.05, 0) is 36.2 Å². The zero-order valence-electron chi connectivity index (χ0n) is 32.8. The van der Waals surface area contributed by atoms with Crippen LogP contribution in [0.3, 0.4) is 0 Å². The zero-order valence-corrected chi connectivity index (χ0v) is 33.5. The van der Waals surface area contributed by atoms with E-state index in [1.807, 2.05) is 0 Å². The van der Waals surface area contributed by atoms with Crippen molar-refractivity contribution in [1.29, 1.82) is 0 Å². The first-order valence-corrected chi connectivity index (χ1v) is 19.6. The van der Waals surface area contributed by atoms with E-state index in [9.17, 15) is 69.9 Å². The van der Waals surface area contributed by atoms with Crippen molar-refractivity contribution >= 4 is 41.0 Å². The molecule has 0 saturated carbocycles. The first kappa shape index (κ1) is 44.8. The Morgan fingerprint density at radius 2 is 1.65 bits per heavy atom. The van der Waals surface area contributed by atoms with Crippen molar-refractivity contribution in [3.05, 3.63) is 85.9 Å². The predicted molar refractivity (Wildman–Crippen MR) is 206 cm³/mol. The number of nitrogens with one attached hydrogen (secondary N) is 1. The maximum absolute atomic E-state index is 14.0. The fourth-order valence-corrected chi connectivity index (χ4v) is 8.71.